The van der Waals surface area contributed by atoms with Gasteiger partial charge in [-0.2, -0.15) is 5.10 Å². The van der Waals surface area contributed by atoms with E-state index in [0.29, 0.717) is 6.04 Å². The maximum Gasteiger partial charge on any atom is 0.147 e. The maximum atomic E-state index is 4.73. The number of nitrogens with one attached hydrogen (secondary N) is 1. The molecule has 1 aliphatic heterocycles. The number of fused-ring (bicyclic) bond motifs is 1. The van der Waals surface area contributed by atoms with Crippen molar-refractivity contribution in [2.45, 2.75) is 38.9 Å². The van der Waals surface area contributed by atoms with Gasteiger partial charge in [0.1, 0.15) is 16.7 Å². The summed E-state index contributed by atoms with van der Waals surface area (Å²) in [5, 5.41) is 11.3. The Kier molecular flexibility index (Phi) is 3.93. The Morgan fingerprint density at radius 3 is 3.00 bits per heavy atom. The first-order chi connectivity index (χ1) is 11.3. The fourth-order valence-corrected chi connectivity index (χ4v) is 3.78. The van der Waals surface area contributed by atoms with Crippen LogP contribution in [0.5, 0.6) is 0 Å². The van der Waals surface area contributed by atoms with Crippen LogP contribution in [0.3, 0.4) is 0 Å². The van der Waals surface area contributed by atoms with Crippen molar-refractivity contribution < 1.29 is 0 Å². The van der Waals surface area contributed by atoms with Gasteiger partial charge in [0.15, 0.2) is 0 Å². The van der Waals surface area contributed by atoms with Crippen molar-refractivity contribution in [1.82, 2.24) is 25.1 Å². The zero-order chi connectivity index (χ0) is 15.6. The zero-order valence-corrected chi connectivity index (χ0v) is 13.9. The fraction of sp³-hybridized carbons (Fsp3) is 0.353. The van der Waals surface area contributed by atoms with E-state index in [1.54, 1.807) is 11.3 Å². The highest BCUT2D eigenvalue weighted by molar-refractivity contribution is 7.13. The minimum absolute atomic E-state index is 0.436. The fourth-order valence-electron chi connectivity index (χ4n) is 2.95. The molecule has 5 nitrogen and oxygen atoms in total. The molecule has 23 heavy (non-hydrogen) atoms. The molecule has 0 spiro atoms. The SMILES string of the molecule is Cc1nc2n(n1)C[C@@H](NCc1csc(-c3ccccc3)n1)CC2. The molecule has 3 aromatic rings. The Morgan fingerprint density at radius 1 is 1.26 bits per heavy atom. The molecule has 0 unspecified atom stereocenters. The van der Waals surface area contributed by atoms with E-state index in [9.17, 15) is 0 Å². The van der Waals surface area contributed by atoms with Crippen LogP contribution in [0.4, 0.5) is 0 Å². The number of hydrogen-bond acceptors (Lipinski definition) is 5. The molecule has 0 saturated carbocycles. The number of aryl methyl sites for hydroxylation is 2. The second-order valence-electron chi connectivity index (χ2n) is 5.88. The second-order valence-corrected chi connectivity index (χ2v) is 6.74. The van der Waals surface area contributed by atoms with Gasteiger partial charge in [-0.05, 0) is 13.3 Å². The van der Waals surface area contributed by atoms with Crippen molar-refractivity contribution >= 4 is 11.3 Å². The van der Waals surface area contributed by atoms with Crippen LogP contribution in [0.2, 0.25) is 0 Å². The van der Waals surface area contributed by atoms with Gasteiger partial charge in [0.2, 0.25) is 0 Å². The van der Waals surface area contributed by atoms with Crippen LogP contribution in [0, 0.1) is 6.92 Å². The van der Waals surface area contributed by atoms with Gasteiger partial charge >= 0.3 is 0 Å². The highest BCUT2D eigenvalue weighted by Crippen LogP contribution is 2.23. The Bertz CT molecular complexity index is 792. The third kappa shape index (κ3) is 3.18. The minimum Gasteiger partial charge on any atom is -0.306 e. The van der Waals surface area contributed by atoms with Crippen LogP contribution in [-0.4, -0.2) is 25.8 Å². The van der Waals surface area contributed by atoms with Crippen molar-refractivity contribution in [3.8, 4) is 10.6 Å². The maximum absolute atomic E-state index is 4.73. The molecule has 0 fully saturated rings. The molecule has 1 aromatic carbocycles. The molecule has 1 N–H and O–H groups in total. The lowest BCUT2D eigenvalue weighted by molar-refractivity contribution is 0.356. The molecule has 0 bridgehead atoms. The largest absolute Gasteiger partial charge is 0.306 e. The summed E-state index contributed by atoms with van der Waals surface area (Å²) in [7, 11) is 0. The van der Waals surface area contributed by atoms with Gasteiger partial charge in [-0.15, -0.1) is 11.3 Å². The molecule has 2 aromatic heterocycles. The molecule has 0 aliphatic carbocycles. The predicted molar refractivity (Wildman–Crippen MR) is 91.3 cm³/mol. The average molecular weight is 325 g/mol. The van der Waals surface area contributed by atoms with E-state index in [4.69, 9.17) is 4.98 Å². The molecule has 118 valence electrons. The van der Waals surface area contributed by atoms with Crippen LogP contribution in [0.25, 0.3) is 10.6 Å². The Labute approximate surface area is 139 Å². The normalized spacial score (nSPS) is 17.2. The average Bonchev–Trinajstić information content (AvgIpc) is 3.18. The molecule has 4 rings (SSSR count). The lowest BCUT2D eigenvalue weighted by atomic mass is 10.1. The molecule has 0 radical (unpaired) electrons. The number of nitrogens with zero attached hydrogens (tertiary/aromatic N) is 4. The molecular weight excluding hydrogens is 306 g/mol. The summed E-state index contributed by atoms with van der Waals surface area (Å²) < 4.78 is 2.03. The summed E-state index contributed by atoms with van der Waals surface area (Å²) in [5.41, 5.74) is 2.29. The summed E-state index contributed by atoms with van der Waals surface area (Å²) in [5.74, 6) is 1.98. The van der Waals surface area contributed by atoms with Crippen LogP contribution in [-0.2, 0) is 19.5 Å². The molecular formula is C17H19N5S. The minimum atomic E-state index is 0.436. The lowest BCUT2D eigenvalue weighted by Gasteiger charge is -2.23. The summed E-state index contributed by atoms with van der Waals surface area (Å²) in [4.78, 5) is 9.19. The van der Waals surface area contributed by atoms with Crippen molar-refractivity contribution in [1.29, 1.82) is 0 Å². The van der Waals surface area contributed by atoms with Crippen molar-refractivity contribution in [2.75, 3.05) is 0 Å². The smallest absolute Gasteiger partial charge is 0.147 e. The summed E-state index contributed by atoms with van der Waals surface area (Å²) in [6.45, 7) is 3.65. The van der Waals surface area contributed by atoms with Crippen molar-refractivity contribution in [2.24, 2.45) is 0 Å². The Hall–Kier alpha value is -2.05. The third-order valence-electron chi connectivity index (χ3n) is 4.11. The summed E-state index contributed by atoms with van der Waals surface area (Å²) in [6, 6.07) is 10.8. The molecule has 0 saturated heterocycles. The molecule has 3 heterocycles. The number of aromatic nitrogens is 4. The van der Waals surface area contributed by atoms with Gasteiger partial charge in [-0.1, -0.05) is 30.3 Å². The highest BCUT2D eigenvalue weighted by Gasteiger charge is 2.20. The first kappa shape index (κ1) is 14.5. The molecule has 6 heteroatoms. The van der Waals surface area contributed by atoms with Gasteiger partial charge in [0.05, 0.1) is 12.2 Å². The molecule has 1 aliphatic rings. The van der Waals surface area contributed by atoms with Crippen LogP contribution in [0.1, 0.15) is 23.8 Å². The zero-order valence-electron chi connectivity index (χ0n) is 13.1. The molecule has 1 atom stereocenters. The van der Waals surface area contributed by atoms with E-state index in [2.05, 4.69) is 32.9 Å². The first-order valence-corrected chi connectivity index (χ1v) is 8.79. The van der Waals surface area contributed by atoms with Crippen LogP contribution < -0.4 is 5.32 Å². The Balaban J connectivity index is 1.38. The van der Waals surface area contributed by atoms with Crippen LogP contribution >= 0.6 is 11.3 Å². The Morgan fingerprint density at radius 2 is 2.13 bits per heavy atom. The monoisotopic (exact) mass is 325 g/mol. The molecule has 0 amide bonds. The van der Waals surface area contributed by atoms with Gasteiger partial charge < -0.3 is 5.32 Å². The van der Waals surface area contributed by atoms with Crippen molar-refractivity contribution in [3.63, 3.8) is 0 Å². The second kappa shape index (κ2) is 6.22. The van der Waals surface area contributed by atoms with Gasteiger partial charge in [0.25, 0.3) is 0 Å². The van der Waals surface area contributed by atoms with E-state index in [0.717, 1.165) is 48.3 Å². The van der Waals surface area contributed by atoms with E-state index in [1.165, 1.54) is 5.56 Å². The van der Waals surface area contributed by atoms with E-state index in [-0.39, 0.29) is 0 Å². The quantitative estimate of drug-likeness (QED) is 0.801. The number of thiazole rings is 1. The first-order valence-electron chi connectivity index (χ1n) is 7.91. The van der Waals surface area contributed by atoms with E-state index < -0.39 is 0 Å². The van der Waals surface area contributed by atoms with E-state index >= 15 is 0 Å². The van der Waals surface area contributed by atoms with Crippen molar-refractivity contribution in [3.05, 3.63) is 53.1 Å². The summed E-state index contributed by atoms with van der Waals surface area (Å²) >= 11 is 1.70. The topological polar surface area (TPSA) is 55.6 Å². The van der Waals surface area contributed by atoms with Gasteiger partial charge in [-0.3, -0.25) is 0 Å². The summed E-state index contributed by atoms with van der Waals surface area (Å²) in [6.07, 6.45) is 2.10. The predicted octanol–water partition coefficient (Wildman–Crippen LogP) is 2.81. The van der Waals surface area contributed by atoms with E-state index in [1.807, 2.05) is 29.8 Å². The lowest BCUT2D eigenvalue weighted by Crippen LogP contribution is -2.37. The number of rotatable bonds is 4. The third-order valence-corrected chi connectivity index (χ3v) is 5.05. The number of benzene rings is 1. The van der Waals surface area contributed by atoms with Gasteiger partial charge in [0, 0.05) is 30.0 Å². The number of hydrogen-bond donors (Lipinski definition) is 1. The standard InChI is InChI=1S/C17H19N5S/c1-12-19-16-8-7-14(10-22(16)21-12)18-9-15-11-23-17(20-15)13-5-3-2-4-6-13/h2-6,11,14,18H,7-10H2,1H3/t14-/m0/s1. The highest BCUT2D eigenvalue weighted by atomic mass is 32.1. The van der Waals surface area contributed by atoms with Gasteiger partial charge in [-0.25, -0.2) is 14.6 Å². The van der Waals surface area contributed by atoms with Crippen LogP contribution in [0.15, 0.2) is 35.7 Å².